The maximum absolute atomic E-state index is 9.22. The number of nitrogens with zero attached hydrogens (tertiary/aromatic N) is 3. The zero-order chi connectivity index (χ0) is 12.3. The van der Waals surface area contributed by atoms with E-state index in [2.05, 4.69) is 16.0 Å². The molecule has 17 heavy (non-hydrogen) atoms. The SMILES string of the molecule is N#CC(c1cnccn1)c1ccc(Cl)cc1Cl. The van der Waals surface area contributed by atoms with Crippen LogP contribution in [-0.2, 0) is 0 Å². The van der Waals surface area contributed by atoms with Crippen LogP contribution in [0.3, 0.4) is 0 Å². The monoisotopic (exact) mass is 263 g/mol. The second-order valence-electron chi connectivity index (χ2n) is 3.36. The molecule has 0 aliphatic carbocycles. The van der Waals surface area contributed by atoms with E-state index in [0.717, 1.165) is 0 Å². The van der Waals surface area contributed by atoms with Gasteiger partial charge in [-0.25, -0.2) is 0 Å². The number of halogens is 2. The summed E-state index contributed by atoms with van der Waals surface area (Å²) in [6, 6.07) is 7.20. The molecule has 1 aromatic heterocycles. The van der Waals surface area contributed by atoms with Crippen LogP contribution in [-0.4, -0.2) is 9.97 Å². The second-order valence-corrected chi connectivity index (χ2v) is 4.20. The Bertz CT molecular complexity index is 564. The van der Waals surface area contributed by atoms with Gasteiger partial charge in [0, 0.05) is 22.4 Å². The first kappa shape index (κ1) is 11.8. The zero-order valence-electron chi connectivity index (χ0n) is 8.64. The Kier molecular flexibility index (Phi) is 3.58. The topological polar surface area (TPSA) is 49.6 Å². The van der Waals surface area contributed by atoms with E-state index in [0.29, 0.717) is 21.3 Å². The predicted molar refractivity (Wildman–Crippen MR) is 66.0 cm³/mol. The summed E-state index contributed by atoms with van der Waals surface area (Å²) in [5.41, 5.74) is 1.25. The summed E-state index contributed by atoms with van der Waals surface area (Å²) in [5, 5.41) is 10.2. The van der Waals surface area contributed by atoms with Gasteiger partial charge in [0.1, 0.15) is 5.92 Å². The first-order chi connectivity index (χ1) is 8.22. The molecule has 0 aliphatic heterocycles. The zero-order valence-corrected chi connectivity index (χ0v) is 10.2. The van der Waals surface area contributed by atoms with Crippen LogP contribution in [0.1, 0.15) is 17.2 Å². The highest BCUT2D eigenvalue weighted by atomic mass is 35.5. The first-order valence-corrected chi connectivity index (χ1v) is 5.58. The highest BCUT2D eigenvalue weighted by molar-refractivity contribution is 6.35. The van der Waals surface area contributed by atoms with Crippen molar-refractivity contribution in [2.45, 2.75) is 5.92 Å². The molecule has 2 aromatic rings. The molecule has 2 rings (SSSR count). The molecular formula is C12H7Cl2N3. The number of nitriles is 1. The van der Waals surface area contributed by atoms with E-state index in [1.54, 1.807) is 36.8 Å². The van der Waals surface area contributed by atoms with Gasteiger partial charge in [-0.05, 0) is 17.7 Å². The normalized spacial score (nSPS) is 11.8. The Morgan fingerprint density at radius 1 is 1.24 bits per heavy atom. The lowest BCUT2D eigenvalue weighted by atomic mass is 9.97. The highest BCUT2D eigenvalue weighted by Crippen LogP contribution is 2.30. The molecule has 1 atom stereocenters. The van der Waals surface area contributed by atoms with Crippen LogP contribution >= 0.6 is 23.2 Å². The Labute approximate surface area is 109 Å². The molecule has 5 heteroatoms. The maximum Gasteiger partial charge on any atom is 0.116 e. The van der Waals surface area contributed by atoms with E-state index in [4.69, 9.17) is 23.2 Å². The van der Waals surface area contributed by atoms with Crippen molar-refractivity contribution >= 4 is 23.2 Å². The lowest BCUT2D eigenvalue weighted by Gasteiger charge is -2.10. The van der Waals surface area contributed by atoms with Gasteiger partial charge in [0.2, 0.25) is 0 Å². The highest BCUT2D eigenvalue weighted by Gasteiger charge is 2.18. The molecule has 1 unspecified atom stereocenters. The van der Waals surface area contributed by atoms with Crippen LogP contribution in [0, 0.1) is 11.3 Å². The van der Waals surface area contributed by atoms with Gasteiger partial charge in [0.25, 0.3) is 0 Å². The Balaban J connectivity index is 2.47. The van der Waals surface area contributed by atoms with Crippen molar-refractivity contribution in [3.63, 3.8) is 0 Å². The van der Waals surface area contributed by atoms with E-state index >= 15 is 0 Å². The van der Waals surface area contributed by atoms with E-state index in [9.17, 15) is 5.26 Å². The lowest BCUT2D eigenvalue weighted by Crippen LogP contribution is -2.02. The van der Waals surface area contributed by atoms with Crippen molar-refractivity contribution in [3.05, 3.63) is 58.1 Å². The minimum absolute atomic E-state index is 0.453. The van der Waals surface area contributed by atoms with Crippen LogP contribution in [0.5, 0.6) is 0 Å². The number of hydrogen-bond acceptors (Lipinski definition) is 3. The van der Waals surface area contributed by atoms with Gasteiger partial charge < -0.3 is 0 Å². The fourth-order valence-electron chi connectivity index (χ4n) is 1.49. The fraction of sp³-hybridized carbons (Fsp3) is 0.0833. The van der Waals surface area contributed by atoms with Gasteiger partial charge in [0.15, 0.2) is 0 Å². The van der Waals surface area contributed by atoms with E-state index in [-0.39, 0.29) is 0 Å². The van der Waals surface area contributed by atoms with Gasteiger partial charge >= 0.3 is 0 Å². The Hall–Kier alpha value is -1.63. The summed E-state index contributed by atoms with van der Waals surface area (Å²) in [6.07, 6.45) is 4.66. The van der Waals surface area contributed by atoms with Gasteiger partial charge in [0.05, 0.1) is 18.0 Å². The standard InChI is InChI=1S/C12H7Cl2N3/c13-8-1-2-9(11(14)5-8)10(6-15)12-7-16-3-4-17-12/h1-5,7,10H. The average Bonchev–Trinajstić information content (AvgIpc) is 2.34. The van der Waals surface area contributed by atoms with Gasteiger partial charge in [-0.3, -0.25) is 9.97 Å². The third-order valence-corrected chi connectivity index (χ3v) is 2.84. The first-order valence-electron chi connectivity index (χ1n) is 4.83. The van der Waals surface area contributed by atoms with Crippen LogP contribution in [0.4, 0.5) is 0 Å². The van der Waals surface area contributed by atoms with Crippen LogP contribution in [0.2, 0.25) is 10.0 Å². The summed E-state index contributed by atoms with van der Waals surface area (Å²) in [6.45, 7) is 0. The molecule has 84 valence electrons. The number of rotatable bonds is 2. The summed E-state index contributed by atoms with van der Waals surface area (Å²) >= 11 is 11.9. The lowest BCUT2D eigenvalue weighted by molar-refractivity contribution is 0.942. The number of benzene rings is 1. The van der Waals surface area contributed by atoms with Crippen LogP contribution < -0.4 is 0 Å². The molecule has 0 N–H and O–H groups in total. The molecule has 3 nitrogen and oxygen atoms in total. The van der Waals surface area contributed by atoms with Crippen molar-refractivity contribution < 1.29 is 0 Å². The van der Waals surface area contributed by atoms with E-state index in [1.807, 2.05) is 0 Å². The molecule has 1 aromatic carbocycles. The van der Waals surface area contributed by atoms with Crippen molar-refractivity contribution in [1.82, 2.24) is 9.97 Å². The molecule has 0 radical (unpaired) electrons. The fourth-order valence-corrected chi connectivity index (χ4v) is 2.01. The van der Waals surface area contributed by atoms with Crippen molar-refractivity contribution in [2.75, 3.05) is 0 Å². The quantitative estimate of drug-likeness (QED) is 0.834. The minimum atomic E-state index is -0.534. The molecular weight excluding hydrogens is 257 g/mol. The van der Waals surface area contributed by atoms with E-state index in [1.165, 1.54) is 0 Å². The third kappa shape index (κ3) is 2.55. The molecule has 0 fully saturated rings. The number of aromatic nitrogens is 2. The summed E-state index contributed by atoms with van der Waals surface area (Å²) in [7, 11) is 0. The Morgan fingerprint density at radius 2 is 2.06 bits per heavy atom. The molecule has 0 saturated carbocycles. The third-order valence-electron chi connectivity index (χ3n) is 2.28. The second kappa shape index (κ2) is 5.13. The van der Waals surface area contributed by atoms with Crippen molar-refractivity contribution in [3.8, 4) is 6.07 Å². The molecule has 0 saturated heterocycles. The molecule has 0 aliphatic rings. The minimum Gasteiger partial charge on any atom is -0.261 e. The summed E-state index contributed by atoms with van der Waals surface area (Å²) in [5.74, 6) is -0.534. The van der Waals surface area contributed by atoms with Crippen LogP contribution in [0.15, 0.2) is 36.8 Å². The molecule has 0 amide bonds. The maximum atomic E-state index is 9.22. The molecule has 1 heterocycles. The van der Waals surface area contributed by atoms with Crippen molar-refractivity contribution in [2.24, 2.45) is 0 Å². The summed E-state index contributed by atoms with van der Waals surface area (Å²) in [4.78, 5) is 8.06. The largest absolute Gasteiger partial charge is 0.261 e. The number of hydrogen-bond donors (Lipinski definition) is 0. The van der Waals surface area contributed by atoms with E-state index < -0.39 is 5.92 Å². The van der Waals surface area contributed by atoms with Crippen LogP contribution in [0.25, 0.3) is 0 Å². The van der Waals surface area contributed by atoms with Gasteiger partial charge in [-0.1, -0.05) is 29.3 Å². The average molecular weight is 264 g/mol. The summed E-state index contributed by atoms with van der Waals surface area (Å²) < 4.78 is 0. The molecule has 0 bridgehead atoms. The smallest absolute Gasteiger partial charge is 0.116 e. The predicted octanol–water partition coefficient (Wildman–Crippen LogP) is 3.44. The van der Waals surface area contributed by atoms with Gasteiger partial charge in [-0.2, -0.15) is 5.26 Å². The molecule has 0 spiro atoms. The van der Waals surface area contributed by atoms with Crippen molar-refractivity contribution in [1.29, 1.82) is 5.26 Å². The Morgan fingerprint density at radius 3 is 2.65 bits per heavy atom. The van der Waals surface area contributed by atoms with Gasteiger partial charge in [-0.15, -0.1) is 0 Å².